The van der Waals surface area contributed by atoms with Gasteiger partial charge in [-0.25, -0.2) is 4.79 Å². The number of hydrogen-bond acceptors (Lipinski definition) is 6. The third-order valence-electron chi connectivity index (χ3n) is 3.70. The van der Waals surface area contributed by atoms with Crippen molar-refractivity contribution in [3.8, 4) is 11.5 Å². The first-order valence-corrected chi connectivity index (χ1v) is 7.50. The van der Waals surface area contributed by atoms with Gasteiger partial charge in [0, 0.05) is 18.7 Å². The maximum absolute atomic E-state index is 12.2. The van der Waals surface area contributed by atoms with Crippen molar-refractivity contribution < 1.29 is 23.8 Å². The van der Waals surface area contributed by atoms with Crippen LogP contribution in [0.5, 0.6) is 11.5 Å². The summed E-state index contributed by atoms with van der Waals surface area (Å²) in [5.74, 6) is 0.638. The number of amides is 1. The van der Waals surface area contributed by atoms with Gasteiger partial charge in [-0.3, -0.25) is 4.79 Å². The van der Waals surface area contributed by atoms with Gasteiger partial charge < -0.3 is 24.3 Å². The second-order valence-electron chi connectivity index (χ2n) is 5.53. The molecule has 0 unspecified atom stereocenters. The summed E-state index contributed by atoms with van der Waals surface area (Å²) in [4.78, 5) is 24.2. The molecule has 0 aliphatic carbocycles. The Balaban J connectivity index is 2.49. The molecule has 2 rings (SSSR count). The van der Waals surface area contributed by atoms with E-state index in [0.29, 0.717) is 28.0 Å². The second kappa shape index (κ2) is 7.35. The predicted octanol–water partition coefficient (Wildman–Crippen LogP) is 1.16. The van der Waals surface area contributed by atoms with Crippen molar-refractivity contribution in [1.29, 1.82) is 0 Å². The molecule has 1 aromatic heterocycles. The molecule has 0 fully saturated rings. The molecule has 0 spiro atoms. The van der Waals surface area contributed by atoms with Gasteiger partial charge in [0.25, 0.3) is 0 Å². The molecule has 1 heterocycles. The van der Waals surface area contributed by atoms with Crippen molar-refractivity contribution in [2.45, 2.75) is 26.4 Å². The Hall–Kier alpha value is -2.54. The highest BCUT2D eigenvalue weighted by Gasteiger charge is 2.18. The van der Waals surface area contributed by atoms with Crippen LogP contribution in [0.2, 0.25) is 0 Å². The lowest BCUT2D eigenvalue weighted by atomic mass is 10.0. The zero-order valence-electron chi connectivity index (χ0n) is 14.1. The minimum Gasteiger partial charge on any atom is -0.496 e. The summed E-state index contributed by atoms with van der Waals surface area (Å²) in [6.45, 7) is 3.43. The Bertz CT molecular complexity index is 809. The first kappa shape index (κ1) is 17.8. The zero-order valence-corrected chi connectivity index (χ0v) is 14.1. The van der Waals surface area contributed by atoms with Gasteiger partial charge in [0.2, 0.25) is 5.91 Å². The van der Waals surface area contributed by atoms with Crippen molar-refractivity contribution >= 4 is 16.9 Å². The van der Waals surface area contributed by atoms with Gasteiger partial charge in [-0.15, -0.1) is 0 Å². The highest BCUT2D eigenvalue weighted by Crippen LogP contribution is 2.33. The lowest BCUT2D eigenvalue weighted by Crippen LogP contribution is -2.33. The van der Waals surface area contributed by atoms with Crippen molar-refractivity contribution in [2.75, 3.05) is 20.8 Å². The molecule has 0 radical (unpaired) electrons. The number of fused-ring (bicyclic) bond motifs is 1. The average Bonchev–Trinajstić information content (AvgIpc) is 2.55. The number of nitrogens with one attached hydrogen (secondary N) is 1. The van der Waals surface area contributed by atoms with E-state index < -0.39 is 11.7 Å². The monoisotopic (exact) mass is 335 g/mol. The van der Waals surface area contributed by atoms with E-state index in [4.69, 9.17) is 13.9 Å². The maximum atomic E-state index is 12.2. The summed E-state index contributed by atoms with van der Waals surface area (Å²) >= 11 is 0. The van der Waals surface area contributed by atoms with E-state index in [1.54, 1.807) is 26.0 Å². The molecule has 0 saturated heterocycles. The maximum Gasteiger partial charge on any atom is 0.340 e. The van der Waals surface area contributed by atoms with E-state index in [1.807, 2.05) is 0 Å². The molecule has 24 heavy (non-hydrogen) atoms. The van der Waals surface area contributed by atoms with E-state index >= 15 is 0 Å². The smallest absolute Gasteiger partial charge is 0.340 e. The van der Waals surface area contributed by atoms with Gasteiger partial charge >= 0.3 is 5.63 Å². The van der Waals surface area contributed by atoms with Crippen LogP contribution in [0.3, 0.4) is 0 Å². The summed E-state index contributed by atoms with van der Waals surface area (Å²) in [5, 5.41) is 12.4. The number of aliphatic hydroxyl groups is 1. The minimum absolute atomic E-state index is 0.122. The number of methoxy groups -OCH3 is 2. The zero-order chi connectivity index (χ0) is 17.9. The van der Waals surface area contributed by atoms with Crippen molar-refractivity contribution in [3.05, 3.63) is 33.7 Å². The van der Waals surface area contributed by atoms with Crippen LogP contribution in [0, 0.1) is 6.92 Å². The van der Waals surface area contributed by atoms with Crippen LogP contribution in [-0.4, -0.2) is 37.9 Å². The molecule has 1 atom stereocenters. The number of aliphatic hydroxyl groups excluding tert-OH is 1. The first-order chi connectivity index (χ1) is 11.4. The van der Waals surface area contributed by atoms with Gasteiger partial charge in [-0.2, -0.15) is 0 Å². The number of rotatable bonds is 6. The summed E-state index contributed by atoms with van der Waals surface area (Å²) in [5.41, 5.74) is 0.631. The molecule has 2 N–H and O–H groups in total. The summed E-state index contributed by atoms with van der Waals surface area (Å²) in [6, 6.07) is 3.29. The van der Waals surface area contributed by atoms with Crippen LogP contribution in [0.15, 0.2) is 21.3 Å². The molecule has 7 nitrogen and oxygen atoms in total. The molecule has 1 amide bonds. The summed E-state index contributed by atoms with van der Waals surface area (Å²) in [6.07, 6.45) is -0.790. The summed E-state index contributed by atoms with van der Waals surface area (Å²) < 4.78 is 15.9. The van der Waals surface area contributed by atoms with Crippen molar-refractivity contribution in [3.63, 3.8) is 0 Å². The van der Waals surface area contributed by atoms with Crippen molar-refractivity contribution in [1.82, 2.24) is 5.32 Å². The fourth-order valence-electron chi connectivity index (χ4n) is 2.45. The van der Waals surface area contributed by atoms with Crippen LogP contribution in [0.25, 0.3) is 11.0 Å². The molecule has 0 aliphatic rings. The van der Waals surface area contributed by atoms with E-state index in [9.17, 15) is 14.7 Å². The normalized spacial score (nSPS) is 12.0. The number of aryl methyl sites for hydroxylation is 1. The van der Waals surface area contributed by atoms with Crippen molar-refractivity contribution in [2.24, 2.45) is 0 Å². The SMILES string of the molecule is COc1cc(OC)c2c(C)c(CC(=O)NC[C@@H](C)O)c(=O)oc2c1. The molecule has 130 valence electrons. The lowest BCUT2D eigenvalue weighted by Gasteiger charge is -2.13. The first-order valence-electron chi connectivity index (χ1n) is 7.50. The Labute approximate surface area is 139 Å². The minimum atomic E-state index is -0.657. The number of carbonyl (C=O) groups excluding carboxylic acids is 1. The van der Waals surface area contributed by atoms with Gasteiger partial charge in [0.15, 0.2) is 0 Å². The largest absolute Gasteiger partial charge is 0.496 e. The quantitative estimate of drug-likeness (QED) is 0.769. The number of benzene rings is 1. The van der Waals surface area contributed by atoms with Gasteiger partial charge in [0.05, 0.1) is 37.7 Å². The topological polar surface area (TPSA) is 98.0 Å². The van der Waals surface area contributed by atoms with Crippen LogP contribution >= 0.6 is 0 Å². The van der Waals surface area contributed by atoms with E-state index in [2.05, 4.69) is 5.32 Å². The molecule has 7 heteroatoms. The summed E-state index contributed by atoms with van der Waals surface area (Å²) in [7, 11) is 3.01. The Kier molecular flexibility index (Phi) is 5.46. The second-order valence-corrected chi connectivity index (χ2v) is 5.53. The standard InChI is InChI=1S/C17H21NO6/c1-9(19)8-18-15(20)7-12-10(2)16-13(23-4)5-11(22-3)6-14(16)24-17(12)21/h5-6,9,19H,7-8H2,1-4H3,(H,18,20)/t9-/m1/s1. The number of ether oxygens (including phenoxy) is 2. The molecule has 0 saturated carbocycles. The van der Waals surface area contributed by atoms with E-state index in [0.717, 1.165) is 0 Å². The Morgan fingerprint density at radius 1 is 1.33 bits per heavy atom. The van der Waals surface area contributed by atoms with Gasteiger partial charge in [-0.05, 0) is 19.4 Å². The van der Waals surface area contributed by atoms with Gasteiger partial charge in [0.1, 0.15) is 17.1 Å². The number of hydrogen-bond donors (Lipinski definition) is 2. The van der Waals surface area contributed by atoms with Crippen LogP contribution in [-0.2, 0) is 11.2 Å². The molecule has 2 aromatic rings. The fraction of sp³-hybridized carbons (Fsp3) is 0.412. The third-order valence-corrected chi connectivity index (χ3v) is 3.70. The Morgan fingerprint density at radius 2 is 2.04 bits per heavy atom. The molecule has 0 bridgehead atoms. The van der Waals surface area contributed by atoms with Crippen LogP contribution < -0.4 is 20.4 Å². The average molecular weight is 335 g/mol. The van der Waals surface area contributed by atoms with Crippen LogP contribution in [0.4, 0.5) is 0 Å². The van der Waals surface area contributed by atoms with E-state index in [1.165, 1.54) is 14.2 Å². The molecule has 0 aliphatic heterocycles. The predicted molar refractivity (Wildman–Crippen MR) is 88.7 cm³/mol. The number of carbonyl (C=O) groups is 1. The third kappa shape index (κ3) is 3.68. The lowest BCUT2D eigenvalue weighted by molar-refractivity contribution is -0.120. The highest BCUT2D eigenvalue weighted by atomic mass is 16.5. The molecule has 1 aromatic carbocycles. The molecular formula is C17H21NO6. The Morgan fingerprint density at radius 3 is 2.62 bits per heavy atom. The fourth-order valence-corrected chi connectivity index (χ4v) is 2.45. The molecular weight excluding hydrogens is 314 g/mol. The van der Waals surface area contributed by atoms with Crippen LogP contribution in [0.1, 0.15) is 18.1 Å². The van der Waals surface area contributed by atoms with E-state index in [-0.39, 0.29) is 24.4 Å². The highest BCUT2D eigenvalue weighted by molar-refractivity contribution is 5.90. The van der Waals surface area contributed by atoms with Gasteiger partial charge in [-0.1, -0.05) is 0 Å².